The fourth-order valence-corrected chi connectivity index (χ4v) is 4.75. The third-order valence-corrected chi connectivity index (χ3v) is 5.99. The summed E-state index contributed by atoms with van der Waals surface area (Å²) in [6.07, 6.45) is -2.79. The van der Waals surface area contributed by atoms with Gasteiger partial charge in [0.2, 0.25) is 0 Å². The van der Waals surface area contributed by atoms with E-state index in [9.17, 15) is 14.4 Å². The highest BCUT2D eigenvalue weighted by Gasteiger charge is 2.50. The molecular weight excluding hydrogens is 492 g/mol. The van der Waals surface area contributed by atoms with Crippen molar-refractivity contribution in [2.75, 3.05) is 6.61 Å². The number of hydrogen-bond acceptors (Lipinski definition) is 10. The van der Waals surface area contributed by atoms with Gasteiger partial charge in [0.05, 0.1) is 5.56 Å². The van der Waals surface area contributed by atoms with Crippen LogP contribution in [0.3, 0.4) is 0 Å². The second kappa shape index (κ2) is 11.3. The third-order valence-electron chi connectivity index (χ3n) is 4.20. The van der Waals surface area contributed by atoms with Crippen LogP contribution in [0.4, 0.5) is 0 Å². The molecule has 1 fully saturated rings. The van der Waals surface area contributed by atoms with Gasteiger partial charge in [-0.2, -0.15) is 5.26 Å². The van der Waals surface area contributed by atoms with Crippen LogP contribution in [0.25, 0.3) is 0 Å². The summed E-state index contributed by atoms with van der Waals surface area (Å²) in [5.74, 6) is -1.71. The Morgan fingerprint density at radius 2 is 1.84 bits per heavy atom. The van der Waals surface area contributed by atoms with Gasteiger partial charge in [0.15, 0.2) is 12.2 Å². The minimum Gasteiger partial charge on any atom is -0.463 e. The summed E-state index contributed by atoms with van der Waals surface area (Å²) in [4.78, 5) is 39.5. The molecule has 1 heterocycles. The molecule has 0 radical (unpaired) electrons. The first-order valence-corrected chi connectivity index (χ1v) is 10.8. The second-order valence-corrected chi connectivity index (χ2v) is 8.56. The molecule has 166 valence electrons. The van der Waals surface area contributed by atoms with Crippen molar-refractivity contribution in [3.8, 4) is 6.07 Å². The monoisotopic (exact) mass is 512 g/mol. The zero-order valence-electron chi connectivity index (χ0n) is 17.1. The SMILES string of the molecule is C=NC1C(OC(C)=O)[C@@H](Sc2ccc(C#N)c(Br)c2)OC(COC(C)=O)[C@@H]1OC(C)=O. The number of aliphatic imine (C=N–C) groups is 1. The van der Waals surface area contributed by atoms with E-state index < -0.39 is 47.7 Å². The maximum absolute atomic E-state index is 11.8. The molecule has 5 atom stereocenters. The molecule has 3 unspecified atom stereocenters. The van der Waals surface area contributed by atoms with E-state index in [1.807, 2.05) is 0 Å². The highest BCUT2D eigenvalue weighted by Crippen LogP contribution is 2.38. The molecule has 2 rings (SSSR count). The summed E-state index contributed by atoms with van der Waals surface area (Å²) < 4.78 is 22.5. The molecule has 0 spiro atoms. The number of hydrogen-bond donors (Lipinski definition) is 0. The van der Waals surface area contributed by atoms with Crippen molar-refractivity contribution in [3.63, 3.8) is 0 Å². The van der Waals surface area contributed by atoms with Crippen LogP contribution in [-0.2, 0) is 33.3 Å². The number of esters is 3. The quantitative estimate of drug-likeness (QED) is 0.307. The van der Waals surface area contributed by atoms with Crippen molar-refractivity contribution < 1.29 is 33.3 Å². The summed E-state index contributed by atoms with van der Waals surface area (Å²) in [6, 6.07) is 6.28. The lowest BCUT2D eigenvalue weighted by Crippen LogP contribution is -2.59. The van der Waals surface area contributed by atoms with Crippen molar-refractivity contribution in [1.82, 2.24) is 0 Å². The Bertz CT molecular complexity index is 904. The molecule has 1 aliphatic rings. The summed E-state index contributed by atoms with van der Waals surface area (Å²) in [5.41, 5.74) is -0.328. The van der Waals surface area contributed by atoms with E-state index in [4.69, 9.17) is 24.2 Å². The standard InChI is InChI=1S/C20H21BrN2O7S/c1-10(24)27-9-16-18(28-11(2)25)17(23-4)19(29-12(3)26)20(30-16)31-14-6-5-13(8-22)15(21)7-14/h5-7,16-20H,4,9H2,1-3H3/t16?,17?,18-,19?,20+/m0/s1. The number of thioether (sulfide) groups is 1. The maximum Gasteiger partial charge on any atom is 0.303 e. The smallest absolute Gasteiger partial charge is 0.303 e. The predicted octanol–water partition coefficient (Wildman–Crippen LogP) is 2.63. The Morgan fingerprint density at radius 1 is 1.19 bits per heavy atom. The van der Waals surface area contributed by atoms with Crippen molar-refractivity contribution in [2.24, 2.45) is 4.99 Å². The van der Waals surface area contributed by atoms with Crippen LogP contribution in [0.1, 0.15) is 26.3 Å². The van der Waals surface area contributed by atoms with E-state index in [1.165, 1.54) is 32.5 Å². The molecule has 1 aliphatic heterocycles. The van der Waals surface area contributed by atoms with Crippen molar-refractivity contribution in [1.29, 1.82) is 5.26 Å². The first kappa shape index (κ1) is 24.8. The molecule has 1 aromatic carbocycles. The van der Waals surface area contributed by atoms with Crippen molar-refractivity contribution in [3.05, 3.63) is 28.2 Å². The molecule has 0 saturated carbocycles. The van der Waals surface area contributed by atoms with Crippen LogP contribution in [0.15, 0.2) is 32.6 Å². The van der Waals surface area contributed by atoms with E-state index in [0.717, 1.165) is 0 Å². The number of carbonyl (C=O) groups is 3. The van der Waals surface area contributed by atoms with Crippen LogP contribution in [0.2, 0.25) is 0 Å². The molecule has 9 nitrogen and oxygen atoms in total. The molecule has 1 aromatic rings. The van der Waals surface area contributed by atoms with Gasteiger partial charge in [0.1, 0.15) is 30.3 Å². The lowest BCUT2D eigenvalue weighted by Gasteiger charge is -2.43. The first-order chi connectivity index (χ1) is 14.7. The van der Waals surface area contributed by atoms with Gasteiger partial charge in [0.25, 0.3) is 0 Å². The Hall–Kier alpha value is -2.42. The van der Waals surface area contributed by atoms with Gasteiger partial charge in [0, 0.05) is 30.1 Å². The van der Waals surface area contributed by atoms with Gasteiger partial charge in [-0.05, 0) is 40.8 Å². The Balaban J connectivity index is 2.40. The number of nitrogens with zero attached hydrogens (tertiary/aromatic N) is 2. The van der Waals surface area contributed by atoms with Gasteiger partial charge >= 0.3 is 17.9 Å². The summed E-state index contributed by atoms with van der Waals surface area (Å²) >= 11 is 4.56. The Labute approximate surface area is 192 Å². The van der Waals surface area contributed by atoms with Crippen LogP contribution < -0.4 is 0 Å². The van der Waals surface area contributed by atoms with Crippen molar-refractivity contribution >= 4 is 52.3 Å². The zero-order valence-corrected chi connectivity index (χ0v) is 19.5. The van der Waals surface area contributed by atoms with E-state index >= 15 is 0 Å². The number of rotatable bonds is 7. The predicted molar refractivity (Wildman–Crippen MR) is 114 cm³/mol. The molecule has 0 amide bonds. The summed E-state index contributed by atoms with van der Waals surface area (Å²) in [5, 5.41) is 9.11. The lowest BCUT2D eigenvalue weighted by atomic mass is 9.97. The zero-order chi connectivity index (χ0) is 23.1. The highest BCUT2D eigenvalue weighted by atomic mass is 79.9. The number of carbonyl (C=O) groups excluding carboxylic acids is 3. The molecular formula is C20H21BrN2O7S. The molecule has 0 aliphatic carbocycles. The minimum atomic E-state index is -0.983. The van der Waals surface area contributed by atoms with Gasteiger partial charge in [-0.3, -0.25) is 19.4 Å². The number of nitriles is 1. The van der Waals surface area contributed by atoms with Crippen LogP contribution in [0.5, 0.6) is 0 Å². The molecule has 1 saturated heterocycles. The van der Waals surface area contributed by atoms with Crippen LogP contribution >= 0.6 is 27.7 Å². The molecule has 11 heteroatoms. The normalized spacial score (nSPS) is 25.1. The average molecular weight is 513 g/mol. The van der Waals surface area contributed by atoms with Gasteiger partial charge < -0.3 is 18.9 Å². The maximum atomic E-state index is 11.8. The Morgan fingerprint density at radius 3 is 2.35 bits per heavy atom. The second-order valence-electron chi connectivity index (χ2n) is 6.54. The van der Waals surface area contributed by atoms with E-state index in [1.54, 1.807) is 18.2 Å². The van der Waals surface area contributed by atoms with Gasteiger partial charge in [-0.25, -0.2) is 0 Å². The first-order valence-electron chi connectivity index (χ1n) is 9.11. The lowest BCUT2D eigenvalue weighted by molar-refractivity contribution is -0.200. The molecule has 0 bridgehead atoms. The number of halogens is 1. The van der Waals surface area contributed by atoms with E-state index in [2.05, 4.69) is 33.7 Å². The van der Waals surface area contributed by atoms with Crippen LogP contribution in [0, 0.1) is 11.3 Å². The Kier molecular flexibility index (Phi) is 9.03. The molecule has 31 heavy (non-hydrogen) atoms. The summed E-state index contributed by atoms with van der Waals surface area (Å²) in [6.45, 7) is 7.07. The molecule has 0 N–H and O–H groups in total. The van der Waals surface area contributed by atoms with E-state index in [0.29, 0.717) is 14.9 Å². The van der Waals surface area contributed by atoms with Crippen molar-refractivity contribution in [2.45, 2.75) is 55.5 Å². The topological polar surface area (TPSA) is 124 Å². The fourth-order valence-electron chi connectivity index (χ4n) is 2.98. The van der Waals surface area contributed by atoms with Crippen LogP contribution in [-0.4, -0.2) is 61.0 Å². The van der Waals surface area contributed by atoms with Gasteiger partial charge in [-0.1, -0.05) is 11.8 Å². The average Bonchev–Trinajstić information content (AvgIpc) is 2.68. The largest absolute Gasteiger partial charge is 0.463 e. The number of benzene rings is 1. The summed E-state index contributed by atoms with van der Waals surface area (Å²) in [7, 11) is 0. The highest BCUT2D eigenvalue weighted by molar-refractivity contribution is 9.10. The van der Waals surface area contributed by atoms with Gasteiger partial charge in [-0.15, -0.1) is 0 Å². The number of ether oxygens (including phenoxy) is 4. The molecule has 0 aromatic heterocycles. The van der Waals surface area contributed by atoms with E-state index in [-0.39, 0.29) is 6.61 Å². The fraction of sp³-hybridized carbons (Fsp3) is 0.450. The minimum absolute atomic E-state index is 0.194. The third kappa shape index (κ3) is 6.78.